The third-order valence-electron chi connectivity index (χ3n) is 19.4. The minimum absolute atomic E-state index is 0.178. The van der Waals surface area contributed by atoms with Gasteiger partial charge in [-0.15, -0.1) is 0 Å². The Morgan fingerprint density at radius 1 is 0.336 bits per heavy atom. The van der Waals surface area contributed by atoms with E-state index in [0.717, 1.165) is 68.6 Å². The van der Waals surface area contributed by atoms with E-state index in [2.05, 4.69) is 61.3 Å². The van der Waals surface area contributed by atoms with Gasteiger partial charge in [0.2, 0.25) is 0 Å². The van der Waals surface area contributed by atoms with Gasteiger partial charge in [-0.2, -0.15) is 19.8 Å². The number of anilines is 8. The van der Waals surface area contributed by atoms with Crippen LogP contribution >= 0.6 is 0 Å². The first kappa shape index (κ1) is 82.7. The molecule has 0 radical (unpaired) electrons. The zero-order valence-corrected chi connectivity index (χ0v) is 65.4. The molecule has 0 saturated carbocycles. The van der Waals surface area contributed by atoms with Crippen molar-refractivity contribution in [1.82, 2.24) is 44.9 Å². The number of allylic oxidation sites excluding steroid dienone is 5. The molecule has 5 aromatic heterocycles. The van der Waals surface area contributed by atoms with Gasteiger partial charge in [0.15, 0.2) is 29.0 Å². The van der Waals surface area contributed by atoms with E-state index in [9.17, 15) is 24.3 Å². The van der Waals surface area contributed by atoms with E-state index in [1.165, 1.54) is 35.4 Å². The van der Waals surface area contributed by atoms with Crippen molar-refractivity contribution in [2.45, 2.75) is 40.0 Å². The Morgan fingerprint density at radius 3 is 0.943 bits per heavy atom. The molecule has 9 aromatic carbocycles. The Labute approximate surface area is 695 Å². The second-order valence-corrected chi connectivity index (χ2v) is 27.9. The summed E-state index contributed by atoms with van der Waals surface area (Å²) in [6, 6.07) is 63.3. The van der Waals surface area contributed by atoms with Crippen LogP contribution in [0.25, 0.3) is 119 Å². The number of aromatic nitrogens is 9. The fraction of sp³-hybridized carbons (Fsp3) is 0.0652. The lowest BCUT2D eigenvalue weighted by molar-refractivity contribution is -0.191. The fourth-order valence-corrected chi connectivity index (χ4v) is 13.2. The highest BCUT2D eigenvalue weighted by atomic mass is 16.4. The summed E-state index contributed by atoms with van der Waals surface area (Å²) < 4.78 is 5.57. The van der Waals surface area contributed by atoms with Crippen molar-refractivity contribution < 1.29 is 53.6 Å². The van der Waals surface area contributed by atoms with E-state index in [1.807, 2.05) is 97.9 Å². The van der Waals surface area contributed by atoms with Crippen LogP contribution in [0.3, 0.4) is 0 Å². The second-order valence-electron chi connectivity index (χ2n) is 27.9. The number of carboxylic acids is 4. The molecule has 604 valence electrons. The third-order valence-corrected chi connectivity index (χ3v) is 19.4. The minimum Gasteiger partial charge on any atom is -0.478 e. The van der Waals surface area contributed by atoms with Crippen molar-refractivity contribution in [3.63, 3.8) is 0 Å². The SMILES string of the molecule is CC1=CC=C(c2nc(-c3ccc(N)cc3)c(-c3ccc(C(=O)O)cc3)nc2N)C1.CC1=NN=C(c2nc(-c3ccc(N)cc3)c(-c3ccc(C(=O)O)cc3)nc2N)C1.Cc1ncc(-c2nc(-c3ccc(N)cc3)c(-c3ccc(C(=O)O)cc3)nc2N)o1.Nc1ccc(-c2nc(C3=Cc4ccccc4C3)c(N)nc2-c2ccc(C(=O)O)cc2)cc1.O=C=O. The lowest BCUT2D eigenvalue weighted by atomic mass is 10.0. The number of carbonyl (C=O) groups excluding carboxylic acids is 2. The first-order valence-corrected chi connectivity index (χ1v) is 37.3. The number of carboxylic acid groups (broad SMARTS) is 4. The van der Waals surface area contributed by atoms with Gasteiger partial charge in [-0.3, -0.25) is 0 Å². The maximum Gasteiger partial charge on any atom is 0.373 e. The highest BCUT2D eigenvalue weighted by Gasteiger charge is 2.27. The van der Waals surface area contributed by atoms with Crippen LogP contribution in [0.5, 0.6) is 0 Å². The standard InChI is InChI=1S/C26H20N4O2.C23H20N4O2.C21H18N6O2.C21H17N5O3.CO2/c27-21-11-9-16(10-12-21)22-23(15-5-7-17(8-6-15)26(31)32)30-25(28)24(29-22)20-13-18-3-1-2-4-19(18)14-20;1-13-2-3-17(12-13)21-22(25)27-20(14-4-6-16(7-5-14)23(28)29)19(26-21)15-8-10-18(24)11-9-15;1-11-10-16(27-26-11)19-20(23)25-18(12-2-4-14(5-3-12)21(28)29)17(24-19)13-6-8-15(22)9-7-13;1-11-24-10-16(29-11)19-20(23)26-18(12-2-4-14(5-3-12)21(27)28)17(25-19)13-6-8-15(22)9-7-13;2-1-3/h1-13H,14,27H2,(H2,28,30)(H,31,32);2-11H,12,24H2,1H3,(H2,25,27)(H,28,29);2-9H,10,22H2,1H3,(H2,23,25)(H,28,29);2-10H,22H2,1H3,(H2,23,26)(H,27,28);. The highest BCUT2D eigenvalue weighted by Crippen LogP contribution is 2.41. The van der Waals surface area contributed by atoms with Crippen LogP contribution in [0.15, 0.2) is 257 Å². The Balaban J connectivity index is 0.000000139. The molecule has 1 aliphatic heterocycles. The van der Waals surface area contributed by atoms with Gasteiger partial charge < -0.3 is 70.7 Å². The number of nitrogens with zero attached hydrogens (tertiary/aromatic N) is 11. The molecule has 3 aliphatic rings. The number of oxazole rings is 1. The molecule has 0 amide bonds. The average Bonchev–Trinajstić information content (AvgIpc) is 1.31. The molecule has 2 aliphatic carbocycles. The van der Waals surface area contributed by atoms with Gasteiger partial charge in [0.1, 0.15) is 28.7 Å². The van der Waals surface area contributed by atoms with Gasteiger partial charge in [0.05, 0.1) is 79.7 Å². The molecule has 17 rings (SSSR count). The first-order valence-electron chi connectivity index (χ1n) is 37.3. The highest BCUT2D eigenvalue weighted by molar-refractivity contribution is 6.15. The maximum atomic E-state index is 11.2. The van der Waals surface area contributed by atoms with Gasteiger partial charge in [-0.05, 0) is 146 Å². The lowest BCUT2D eigenvalue weighted by Crippen LogP contribution is -2.12. The van der Waals surface area contributed by atoms with Gasteiger partial charge in [-0.25, -0.2) is 64.0 Å². The van der Waals surface area contributed by atoms with Crippen LogP contribution < -0.4 is 45.9 Å². The molecule has 20 N–H and O–H groups in total. The molecule has 122 heavy (non-hydrogen) atoms. The topological polar surface area (TPSA) is 545 Å². The molecule has 6 heterocycles. The second kappa shape index (κ2) is 36.3. The lowest BCUT2D eigenvalue weighted by Gasteiger charge is -2.14. The molecule has 0 fully saturated rings. The van der Waals surface area contributed by atoms with Gasteiger partial charge in [-0.1, -0.05) is 139 Å². The number of benzene rings is 9. The summed E-state index contributed by atoms with van der Waals surface area (Å²) in [4.78, 5) is 103. The summed E-state index contributed by atoms with van der Waals surface area (Å²) in [5.41, 5.74) is 72.0. The van der Waals surface area contributed by atoms with Gasteiger partial charge in [0, 0.05) is 92.7 Å². The van der Waals surface area contributed by atoms with Crippen molar-refractivity contribution in [3.8, 4) is 102 Å². The number of hydrogen-bond donors (Lipinski definition) is 12. The minimum atomic E-state index is -1.00. The molecule has 0 saturated heterocycles. The number of rotatable bonds is 16. The van der Waals surface area contributed by atoms with E-state index >= 15 is 0 Å². The fourth-order valence-electron chi connectivity index (χ4n) is 13.2. The Bertz CT molecular complexity index is 6400. The van der Waals surface area contributed by atoms with E-state index in [1.54, 1.807) is 110 Å². The molecule has 14 aromatic rings. The number of aryl methyl sites for hydroxylation is 1. The summed E-state index contributed by atoms with van der Waals surface area (Å²) in [6.45, 7) is 5.68. The number of aromatic carboxylic acids is 4. The molecule has 0 unspecified atom stereocenters. The summed E-state index contributed by atoms with van der Waals surface area (Å²) in [6.07, 6.45) is 10.1. The van der Waals surface area contributed by atoms with E-state index in [4.69, 9.17) is 100 Å². The molecular weight excluding hydrogens is 1550 g/mol. The van der Waals surface area contributed by atoms with Crippen molar-refractivity contribution in [2.24, 2.45) is 10.2 Å². The summed E-state index contributed by atoms with van der Waals surface area (Å²) in [5, 5.41) is 44.9. The monoisotopic (exact) mass is 1620 g/mol. The Kier molecular flexibility index (Phi) is 24.6. The van der Waals surface area contributed by atoms with Crippen molar-refractivity contribution in [1.29, 1.82) is 0 Å². The molecular formula is C92H75N19O11. The number of nitrogens with two attached hydrogens (primary N) is 8. The van der Waals surface area contributed by atoms with Crippen molar-refractivity contribution >= 4 is 105 Å². The van der Waals surface area contributed by atoms with Crippen molar-refractivity contribution in [2.75, 3.05) is 45.9 Å². The predicted molar refractivity (Wildman–Crippen MR) is 469 cm³/mol. The van der Waals surface area contributed by atoms with Crippen LogP contribution in [0.1, 0.15) is 102 Å². The smallest absolute Gasteiger partial charge is 0.373 e. The summed E-state index contributed by atoms with van der Waals surface area (Å²) >= 11 is 0. The molecule has 0 spiro atoms. The maximum absolute atomic E-state index is 11.2. The Hall–Kier alpha value is -17.3. The normalized spacial score (nSPS) is 12.1. The largest absolute Gasteiger partial charge is 0.478 e. The van der Waals surface area contributed by atoms with Crippen LogP contribution in [0.2, 0.25) is 0 Å². The van der Waals surface area contributed by atoms with Crippen molar-refractivity contribution in [3.05, 3.63) is 299 Å². The summed E-state index contributed by atoms with van der Waals surface area (Å²) in [5.74, 6) is -1.96. The molecule has 30 heteroatoms. The number of fused-ring (bicyclic) bond motifs is 1. The number of carbonyl (C=O) groups is 4. The van der Waals surface area contributed by atoms with E-state index in [0.29, 0.717) is 138 Å². The molecule has 30 nitrogen and oxygen atoms in total. The van der Waals surface area contributed by atoms with Crippen LogP contribution in [0.4, 0.5) is 46.0 Å². The van der Waals surface area contributed by atoms with E-state index in [-0.39, 0.29) is 40.0 Å². The quantitative estimate of drug-likeness (QED) is 0.0400. The molecule has 0 bridgehead atoms. The van der Waals surface area contributed by atoms with Gasteiger partial charge in [0.25, 0.3) is 0 Å². The molecule has 0 atom stereocenters. The predicted octanol–water partition coefficient (Wildman–Crippen LogP) is 15.5. The van der Waals surface area contributed by atoms with Crippen LogP contribution in [0, 0.1) is 6.92 Å². The first-order chi connectivity index (χ1) is 58.7. The number of hydrogen-bond acceptors (Lipinski definition) is 26. The third kappa shape index (κ3) is 19.0. The van der Waals surface area contributed by atoms with Gasteiger partial charge >= 0.3 is 30.0 Å². The van der Waals surface area contributed by atoms with E-state index < -0.39 is 23.9 Å². The average molecular weight is 1620 g/mol. The number of nitrogen functional groups attached to an aromatic ring is 8. The zero-order chi connectivity index (χ0) is 86.6. The van der Waals surface area contributed by atoms with Crippen LogP contribution in [-0.2, 0) is 16.0 Å². The Morgan fingerprint density at radius 2 is 0.639 bits per heavy atom. The van der Waals surface area contributed by atoms with Crippen LogP contribution in [-0.4, -0.2) is 107 Å². The zero-order valence-electron chi connectivity index (χ0n) is 65.4. The summed E-state index contributed by atoms with van der Waals surface area (Å²) in [7, 11) is 0.